The van der Waals surface area contributed by atoms with Crippen molar-refractivity contribution >= 4 is 99.1 Å². The first-order chi connectivity index (χ1) is 25.8. The van der Waals surface area contributed by atoms with Crippen LogP contribution in [-0.2, 0) is 29.5 Å². The van der Waals surface area contributed by atoms with Crippen molar-refractivity contribution in [3.05, 3.63) is 0 Å². The molecule has 20 heteroatoms. The van der Waals surface area contributed by atoms with Crippen LogP contribution in [0.2, 0.25) is 192 Å². The lowest BCUT2D eigenvalue weighted by atomic mass is 10.3. The molecule has 0 aliphatic heterocycles. The summed E-state index contributed by atoms with van der Waals surface area (Å²) in [4.78, 5) is 12.1. The van der Waals surface area contributed by atoms with Gasteiger partial charge in [-0.05, 0) is 205 Å². The Morgan fingerprint density at radius 3 is 1.14 bits per heavy atom. The lowest BCUT2D eigenvalue weighted by Crippen LogP contribution is -2.55. The van der Waals surface area contributed by atoms with E-state index in [1.54, 1.807) is 0 Å². The Morgan fingerprint density at radius 1 is 0.483 bits per heavy atom. The fourth-order valence-electron chi connectivity index (χ4n) is 7.87. The molecule has 58 heavy (non-hydrogen) atoms. The SMILES string of the molecule is CCC[Si](C)(C)O[Si](C)(CCCNC(=O)CCCO)O[Si](C)(C)CC[Si](C)(C)O[Si](C)(C)CC[Si](C)(C)O[Si](C)(C)CC[Si](C)(C)O[SiH](C)C.C[SiH](C)O[Si](C)(C)C. The van der Waals surface area contributed by atoms with Gasteiger partial charge in [0.1, 0.15) is 0 Å². The van der Waals surface area contributed by atoms with Crippen molar-refractivity contribution in [3.63, 3.8) is 0 Å². The maximum absolute atomic E-state index is 12.1. The second-order valence-electron chi connectivity index (χ2n) is 22.8. The molecule has 0 aromatic heterocycles. The topological polar surface area (TPSA) is 105 Å². The molecule has 0 rings (SSSR count). The summed E-state index contributed by atoms with van der Waals surface area (Å²) in [5, 5.41) is 12.1. The molecule has 1 amide bonds. The number of carbonyl (C=O) groups excluding carboxylic acids is 1. The number of nitrogens with one attached hydrogen (secondary N) is 1. The maximum atomic E-state index is 12.1. The summed E-state index contributed by atoms with van der Waals surface area (Å²) in [5.74, 6) is 0.0112. The van der Waals surface area contributed by atoms with E-state index < -0.39 is 93.2 Å². The molecule has 1 atom stereocenters. The molecule has 0 aromatic carbocycles. The quantitative estimate of drug-likeness (QED) is 0.0542. The Bertz CT molecular complexity index is 1150. The third-order valence-corrected chi connectivity index (χ3v) is 48.8. The molecule has 0 bridgehead atoms. The van der Waals surface area contributed by atoms with Crippen LogP contribution in [0.1, 0.15) is 32.6 Å². The van der Waals surface area contributed by atoms with Gasteiger partial charge in [0.2, 0.25) is 5.91 Å². The fourth-order valence-corrected chi connectivity index (χ4v) is 60.7. The van der Waals surface area contributed by atoms with Gasteiger partial charge in [-0.15, -0.1) is 0 Å². The predicted octanol–water partition coefficient (Wildman–Crippen LogP) is 12.1. The molecule has 0 aliphatic rings. The average molecular weight is 1010 g/mol. The van der Waals surface area contributed by atoms with Gasteiger partial charge in [0, 0.05) is 19.6 Å². The van der Waals surface area contributed by atoms with Gasteiger partial charge in [-0.3, -0.25) is 4.79 Å². The standard InChI is InChI=1S/C33H85NO7Si9.C5H16OSi2/c1-19-25-44(6,7)40-50(18,26-21-23-34-33(36)22-20-24-35)41-49(16,17)32-31-48(14,15)39-47(12,13)30-29-46(10,11)38-45(8,9)28-27-43(4,5)37-42(2)3;1-7(2)6-8(3,4)5/h35,42H,19-32H2,1-18H3,(H,34,36);7H,1-5H3. The van der Waals surface area contributed by atoms with Crippen molar-refractivity contribution in [2.45, 2.75) is 225 Å². The third kappa shape index (κ3) is 35.0. The van der Waals surface area contributed by atoms with Crippen molar-refractivity contribution in [2.24, 2.45) is 0 Å². The number of carbonyl (C=O) groups is 1. The lowest BCUT2D eigenvalue weighted by molar-refractivity contribution is -0.121. The summed E-state index contributed by atoms with van der Waals surface area (Å²) in [6, 6.07) is 8.97. The van der Waals surface area contributed by atoms with Crippen LogP contribution in [0.15, 0.2) is 0 Å². The van der Waals surface area contributed by atoms with E-state index in [4.69, 9.17) is 29.8 Å². The molecule has 2 N–H and O–H groups in total. The Balaban J connectivity index is 0. The largest absolute Gasteiger partial charge is 0.458 e. The van der Waals surface area contributed by atoms with Gasteiger partial charge < -0.3 is 35.1 Å². The van der Waals surface area contributed by atoms with Crippen molar-refractivity contribution < 1.29 is 34.6 Å². The van der Waals surface area contributed by atoms with Gasteiger partial charge in [-0.1, -0.05) is 13.3 Å². The molecule has 1 unspecified atom stereocenters. The number of hydrogen-bond donors (Lipinski definition) is 2. The van der Waals surface area contributed by atoms with Crippen molar-refractivity contribution in [1.29, 1.82) is 0 Å². The van der Waals surface area contributed by atoms with Crippen LogP contribution < -0.4 is 5.32 Å². The van der Waals surface area contributed by atoms with E-state index in [-0.39, 0.29) is 12.5 Å². The fraction of sp³-hybridized carbons (Fsp3) is 0.974. The lowest BCUT2D eigenvalue weighted by Gasteiger charge is -2.42. The molecule has 0 saturated heterocycles. The van der Waals surface area contributed by atoms with E-state index in [0.717, 1.165) is 37.0 Å². The zero-order chi connectivity index (χ0) is 46.1. The highest BCUT2D eigenvalue weighted by atomic mass is 28.5. The zero-order valence-corrected chi connectivity index (χ0v) is 54.2. The van der Waals surface area contributed by atoms with Crippen LogP contribution in [0.3, 0.4) is 0 Å². The first-order valence-electron chi connectivity index (χ1n) is 22.8. The Kier molecular flexibility index (Phi) is 28.2. The Hall–Kier alpha value is 1.58. The van der Waals surface area contributed by atoms with Gasteiger partial charge in [-0.2, -0.15) is 0 Å². The smallest absolute Gasteiger partial charge is 0.314 e. The molecule has 0 aliphatic carbocycles. The Labute approximate surface area is 374 Å². The number of aliphatic hydroxyl groups excluding tert-OH is 1. The Morgan fingerprint density at radius 2 is 0.828 bits per heavy atom. The van der Waals surface area contributed by atoms with E-state index in [1.807, 2.05) is 0 Å². The van der Waals surface area contributed by atoms with Gasteiger partial charge >= 0.3 is 8.56 Å². The number of hydrogen-bond acceptors (Lipinski definition) is 8. The first kappa shape index (κ1) is 61.7. The van der Waals surface area contributed by atoms with Gasteiger partial charge in [0.25, 0.3) is 0 Å². The second-order valence-corrected chi connectivity index (χ2v) is 67.3. The highest BCUT2D eigenvalue weighted by molar-refractivity contribution is 6.91. The summed E-state index contributed by atoms with van der Waals surface area (Å²) >= 11 is 0. The highest BCUT2D eigenvalue weighted by Crippen LogP contribution is 2.34. The van der Waals surface area contributed by atoms with Crippen molar-refractivity contribution in [1.82, 2.24) is 5.32 Å². The summed E-state index contributed by atoms with van der Waals surface area (Å²) < 4.78 is 40.7. The molecule has 0 fully saturated rings. The minimum atomic E-state index is -2.47. The van der Waals surface area contributed by atoms with Gasteiger partial charge in [0.15, 0.2) is 84.6 Å². The van der Waals surface area contributed by atoms with Crippen molar-refractivity contribution in [2.75, 3.05) is 13.2 Å². The van der Waals surface area contributed by atoms with E-state index >= 15 is 0 Å². The third-order valence-electron chi connectivity index (χ3n) is 9.76. The molecule has 0 saturated carbocycles. The number of aliphatic hydroxyl groups is 1. The minimum Gasteiger partial charge on any atom is -0.458 e. The number of rotatable bonds is 30. The minimum absolute atomic E-state index is 0.0112. The molecular formula is C38H101NO8Si11. The molecule has 0 aromatic rings. The number of amides is 1. The monoisotopic (exact) mass is 1010 g/mol. The highest BCUT2D eigenvalue weighted by Gasteiger charge is 2.44. The van der Waals surface area contributed by atoms with Crippen LogP contribution in [0.5, 0.6) is 0 Å². The summed E-state index contributed by atoms with van der Waals surface area (Å²) in [7, 11) is -18.2. The summed E-state index contributed by atoms with van der Waals surface area (Å²) in [6.07, 6.45) is 2.86. The van der Waals surface area contributed by atoms with Gasteiger partial charge in [0.05, 0.1) is 0 Å². The maximum Gasteiger partial charge on any atom is 0.314 e. The van der Waals surface area contributed by atoms with Crippen LogP contribution >= 0.6 is 0 Å². The van der Waals surface area contributed by atoms with Crippen LogP contribution in [0, 0.1) is 0 Å². The molecule has 350 valence electrons. The zero-order valence-electron chi connectivity index (χ0n) is 42.9. The summed E-state index contributed by atoms with van der Waals surface area (Å²) in [5.41, 5.74) is 0. The van der Waals surface area contributed by atoms with Gasteiger partial charge in [-0.25, -0.2) is 0 Å². The average Bonchev–Trinajstić information content (AvgIpc) is 2.96. The van der Waals surface area contributed by atoms with Crippen LogP contribution in [0.25, 0.3) is 0 Å². The molecular weight excluding hydrogens is 907 g/mol. The van der Waals surface area contributed by atoms with E-state index in [9.17, 15) is 4.79 Å². The van der Waals surface area contributed by atoms with Crippen LogP contribution in [-0.4, -0.2) is 117 Å². The summed E-state index contributed by atoms with van der Waals surface area (Å²) in [6.45, 7) is 54.5. The molecule has 9 nitrogen and oxygen atoms in total. The molecule has 0 radical (unpaired) electrons. The van der Waals surface area contributed by atoms with Crippen molar-refractivity contribution in [3.8, 4) is 0 Å². The normalized spacial score (nSPS) is 15.1. The van der Waals surface area contributed by atoms with Crippen LogP contribution in [0.4, 0.5) is 0 Å². The van der Waals surface area contributed by atoms with E-state index in [0.29, 0.717) is 19.4 Å². The predicted molar refractivity (Wildman–Crippen MR) is 284 cm³/mol. The molecule has 0 heterocycles. The van der Waals surface area contributed by atoms with E-state index in [1.165, 1.54) is 24.2 Å². The molecule has 0 spiro atoms. The second kappa shape index (κ2) is 26.5. The first-order valence-corrected chi connectivity index (χ1v) is 56.1. The van der Waals surface area contributed by atoms with E-state index in [2.05, 4.69) is 156 Å².